The van der Waals surface area contributed by atoms with Gasteiger partial charge < -0.3 is 9.67 Å². The van der Waals surface area contributed by atoms with Crippen molar-refractivity contribution < 1.29 is 18.3 Å². The summed E-state index contributed by atoms with van der Waals surface area (Å²) in [5, 5.41) is 8.25. The molecule has 1 aromatic heterocycles. The van der Waals surface area contributed by atoms with Gasteiger partial charge in [-0.15, -0.1) is 0 Å². The van der Waals surface area contributed by atoms with Crippen LogP contribution in [0.4, 0.5) is 0 Å². The van der Waals surface area contributed by atoms with Gasteiger partial charge in [-0.25, -0.2) is 13.4 Å². The molecule has 1 rings (SSSR count). The molecule has 0 aliphatic carbocycles. The Morgan fingerprint density at radius 3 is 2.67 bits per heavy atom. The lowest BCUT2D eigenvalue weighted by molar-refractivity contribution is -0.137. The van der Waals surface area contributed by atoms with E-state index in [2.05, 4.69) is 4.98 Å². The predicted octanol–water partition coefficient (Wildman–Crippen LogP) is 0.458. The molecule has 0 aromatic carbocycles. The highest BCUT2D eigenvalue weighted by atomic mass is 35.7. The molecule has 0 aliphatic rings. The third-order valence-electron chi connectivity index (χ3n) is 1.71. The number of hydrogen-bond acceptors (Lipinski definition) is 4. The van der Waals surface area contributed by atoms with Gasteiger partial charge in [-0.05, 0) is 0 Å². The van der Waals surface area contributed by atoms with E-state index >= 15 is 0 Å². The fourth-order valence-electron chi connectivity index (χ4n) is 1.11. The molecule has 0 amide bonds. The Morgan fingerprint density at radius 1 is 1.67 bits per heavy atom. The van der Waals surface area contributed by atoms with E-state index < -0.39 is 15.0 Å². The zero-order valence-electron chi connectivity index (χ0n) is 7.84. The maximum atomic E-state index is 10.9. The van der Waals surface area contributed by atoms with E-state index in [0.717, 1.165) is 6.20 Å². The van der Waals surface area contributed by atoms with Crippen LogP contribution in [-0.2, 0) is 26.8 Å². The van der Waals surface area contributed by atoms with E-state index in [4.69, 9.17) is 15.8 Å². The topological polar surface area (TPSA) is 89.3 Å². The number of hydrogen-bond donors (Lipinski definition) is 1. The summed E-state index contributed by atoms with van der Waals surface area (Å²) >= 11 is 0. The second kappa shape index (κ2) is 4.19. The first-order chi connectivity index (χ1) is 6.84. The molecule has 1 heterocycles. The average Bonchev–Trinajstić information content (AvgIpc) is 2.45. The van der Waals surface area contributed by atoms with Crippen molar-refractivity contribution >= 4 is 25.7 Å². The standard InChI is InChI=1S/C7H9ClN2O4S/c1-2-5-9-6(15(8,13)14)3-10(5)4-7(11)12/h3H,2,4H2,1H3,(H,11,12). The molecule has 1 aromatic rings. The molecule has 8 heteroatoms. The first kappa shape index (κ1) is 12.0. The highest BCUT2D eigenvalue weighted by molar-refractivity contribution is 8.13. The van der Waals surface area contributed by atoms with Gasteiger partial charge in [-0.3, -0.25) is 4.79 Å². The molecule has 0 radical (unpaired) electrons. The van der Waals surface area contributed by atoms with Gasteiger partial charge in [-0.1, -0.05) is 6.92 Å². The maximum absolute atomic E-state index is 10.9. The highest BCUT2D eigenvalue weighted by Gasteiger charge is 2.17. The molecule has 0 unspecified atom stereocenters. The van der Waals surface area contributed by atoms with Gasteiger partial charge in [0.05, 0.1) is 0 Å². The van der Waals surface area contributed by atoms with Crippen molar-refractivity contribution in [2.75, 3.05) is 0 Å². The van der Waals surface area contributed by atoms with Crippen LogP contribution in [0.2, 0.25) is 0 Å². The van der Waals surface area contributed by atoms with Crippen LogP contribution in [0.1, 0.15) is 12.7 Å². The third-order valence-corrected chi connectivity index (χ3v) is 2.88. The van der Waals surface area contributed by atoms with Gasteiger partial charge in [0.1, 0.15) is 12.4 Å². The van der Waals surface area contributed by atoms with Gasteiger partial charge >= 0.3 is 5.97 Å². The summed E-state index contributed by atoms with van der Waals surface area (Å²) in [6.45, 7) is 1.41. The van der Waals surface area contributed by atoms with Crippen LogP contribution < -0.4 is 0 Å². The van der Waals surface area contributed by atoms with Crippen molar-refractivity contribution in [3.05, 3.63) is 12.0 Å². The van der Waals surface area contributed by atoms with E-state index in [9.17, 15) is 13.2 Å². The van der Waals surface area contributed by atoms with Crippen LogP contribution >= 0.6 is 10.7 Å². The van der Waals surface area contributed by atoms with E-state index in [0.29, 0.717) is 12.2 Å². The Bertz CT molecular complexity index is 479. The zero-order valence-corrected chi connectivity index (χ0v) is 9.42. The van der Waals surface area contributed by atoms with Crippen LogP contribution in [0, 0.1) is 0 Å². The second-order valence-electron chi connectivity index (χ2n) is 2.81. The summed E-state index contributed by atoms with van der Waals surface area (Å²) in [7, 11) is 1.18. The Balaban J connectivity index is 3.17. The summed E-state index contributed by atoms with van der Waals surface area (Å²) in [4.78, 5) is 14.2. The van der Waals surface area contributed by atoms with Crippen LogP contribution in [0.15, 0.2) is 11.2 Å². The Kier molecular flexibility index (Phi) is 3.35. The van der Waals surface area contributed by atoms with Crippen LogP contribution in [0.25, 0.3) is 0 Å². The number of aromatic nitrogens is 2. The third kappa shape index (κ3) is 2.93. The zero-order chi connectivity index (χ0) is 11.6. The quantitative estimate of drug-likeness (QED) is 0.787. The van der Waals surface area contributed by atoms with E-state index in [-0.39, 0.29) is 11.6 Å². The maximum Gasteiger partial charge on any atom is 0.323 e. The molecule has 15 heavy (non-hydrogen) atoms. The first-order valence-electron chi connectivity index (χ1n) is 4.07. The number of nitrogens with zero attached hydrogens (tertiary/aromatic N) is 2. The van der Waals surface area contributed by atoms with Gasteiger partial charge in [0.25, 0.3) is 9.05 Å². The summed E-state index contributed by atoms with van der Waals surface area (Å²) < 4.78 is 23.1. The molecule has 0 saturated heterocycles. The number of carbonyl (C=O) groups is 1. The van der Waals surface area contributed by atoms with E-state index in [1.807, 2.05) is 0 Å². The number of imidazole rings is 1. The number of halogens is 1. The molecular weight excluding hydrogens is 244 g/mol. The highest BCUT2D eigenvalue weighted by Crippen LogP contribution is 2.14. The lowest BCUT2D eigenvalue weighted by Gasteiger charge is -2.00. The average molecular weight is 253 g/mol. The van der Waals surface area contributed by atoms with Crippen molar-refractivity contribution in [2.24, 2.45) is 0 Å². The van der Waals surface area contributed by atoms with Gasteiger partial charge in [0.2, 0.25) is 0 Å². The Morgan fingerprint density at radius 2 is 2.27 bits per heavy atom. The Labute approximate surface area is 90.9 Å². The molecule has 0 spiro atoms. The number of aliphatic carboxylic acids is 1. The number of aryl methyl sites for hydroxylation is 1. The SMILES string of the molecule is CCc1nc(S(=O)(=O)Cl)cn1CC(=O)O. The van der Waals surface area contributed by atoms with Gasteiger partial charge in [-0.2, -0.15) is 0 Å². The second-order valence-corrected chi connectivity index (χ2v) is 5.32. The van der Waals surface area contributed by atoms with E-state index in [1.165, 1.54) is 4.57 Å². The predicted molar refractivity (Wildman–Crippen MR) is 52.3 cm³/mol. The van der Waals surface area contributed by atoms with Crippen LogP contribution in [-0.4, -0.2) is 29.0 Å². The Hall–Kier alpha value is -1.08. The summed E-state index contributed by atoms with van der Waals surface area (Å²) in [5.41, 5.74) is 0. The molecule has 1 N–H and O–H groups in total. The van der Waals surface area contributed by atoms with Crippen molar-refractivity contribution in [1.82, 2.24) is 9.55 Å². The minimum atomic E-state index is -3.90. The monoisotopic (exact) mass is 252 g/mol. The minimum Gasteiger partial charge on any atom is -0.480 e. The minimum absolute atomic E-state index is 0.317. The molecule has 6 nitrogen and oxygen atoms in total. The summed E-state index contributed by atoms with van der Waals surface area (Å²) in [5.74, 6) is -0.697. The molecule has 0 saturated carbocycles. The normalized spacial score (nSPS) is 11.6. The molecule has 0 fully saturated rings. The lowest BCUT2D eigenvalue weighted by Crippen LogP contribution is -2.10. The summed E-state index contributed by atoms with van der Waals surface area (Å²) in [6.07, 6.45) is 1.55. The van der Waals surface area contributed by atoms with Crippen molar-refractivity contribution in [3.63, 3.8) is 0 Å². The smallest absolute Gasteiger partial charge is 0.323 e. The fraction of sp³-hybridized carbons (Fsp3) is 0.429. The fourth-order valence-corrected chi connectivity index (χ4v) is 1.80. The molecular formula is C7H9ClN2O4S. The van der Waals surface area contributed by atoms with Crippen molar-refractivity contribution in [1.29, 1.82) is 0 Å². The van der Waals surface area contributed by atoms with Crippen LogP contribution in [0.3, 0.4) is 0 Å². The number of carboxylic acid groups (broad SMARTS) is 1. The molecule has 0 atom stereocenters. The largest absolute Gasteiger partial charge is 0.480 e. The van der Waals surface area contributed by atoms with Crippen molar-refractivity contribution in [3.8, 4) is 0 Å². The molecule has 84 valence electrons. The van der Waals surface area contributed by atoms with Crippen molar-refractivity contribution in [2.45, 2.75) is 24.9 Å². The van der Waals surface area contributed by atoms with Gasteiger partial charge in [0, 0.05) is 23.3 Å². The summed E-state index contributed by atoms with van der Waals surface area (Å²) in [6, 6.07) is 0. The number of rotatable bonds is 4. The lowest BCUT2D eigenvalue weighted by atomic mass is 10.4. The molecule has 0 aliphatic heterocycles. The molecule has 0 bridgehead atoms. The van der Waals surface area contributed by atoms with Crippen LogP contribution in [0.5, 0.6) is 0 Å². The number of carboxylic acids is 1. The van der Waals surface area contributed by atoms with Gasteiger partial charge in [0.15, 0.2) is 5.03 Å². The van der Waals surface area contributed by atoms with E-state index in [1.54, 1.807) is 6.92 Å². The first-order valence-corrected chi connectivity index (χ1v) is 6.38.